The highest BCUT2D eigenvalue weighted by atomic mass is 32.2. The standard InChI is InChI=1S/C14H13F3N2O4S/c15-14(16,17)10-4-5-12(9(7-10)8-18)24(22,23)19-6-2-1-3-11(19)13(20)21/h4-5,7,11H,1-3,6H2,(H,20,21). The summed E-state index contributed by atoms with van der Waals surface area (Å²) < 4.78 is 64.2. The van der Waals surface area contributed by atoms with Crippen LogP contribution in [-0.2, 0) is 21.0 Å². The molecule has 1 heterocycles. The largest absolute Gasteiger partial charge is 0.480 e. The van der Waals surface area contributed by atoms with Gasteiger partial charge in [0.05, 0.1) is 11.1 Å². The van der Waals surface area contributed by atoms with Crippen LogP contribution >= 0.6 is 0 Å². The number of piperidine rings is 1. The molecule has 1 aliphatic heterocycles. The number of benzene rings is 1. The Bertz CT molecular complexity index is 799. The molecule has 6 nitrogen and oxygen atoms in total. The molecule has 24 heavy (non-hydrogen) atoms. The van der Waals surface area contributed by atoms with E-state index < -0.39 is 44.2 Å². The van der Waals surface area contributed by atoms with Crippen LogP contribution in [0.15, 0.2) is 23.1 Å². The molecule has 10 heteroatoms. The lowest BCUT2D eigenvalue weighted by Gasteiger charge is -2.32. The van der Waals surface area contributed by atoms with Crippen LogP contribution < -0.4 is 0 Å². The maximum atomic E-state index is 12.7. The van der Waals surface area contributed by atoms with E-state index in [4.69, 9.17) is 5.26 Å². The summed E-state index contributed by atoms with van der Waals surface area (Å²) in [5.74, 6) is -1.33. The van der Waals surface area contributed by atoms with E-state index in [-0.39, 0.29) is 13.0 Å². The SMILES string of the molecule is N#Cc1cc(C(F)(F)F)ccc1S(=O)(=O)N1CCCCC1C(=O)O. The van der Waals surface area contributed by atoms with Crippen LogP contribution in [0.25, 0.3) is 0 Å². The predicted molar refractivity (Wildman–Crippen MR) is 75.3 cm³/mol. The van der Waals surface area contributed by atoms with Gasteiger partial charge in [0.2, 0.25) is 10.0 Å². The predicted octanol–water partition coefficient (Wildman–Crippen LogP) is 2.20. The van der Waals surface area contributed by atoms with E-state index >= 15 is 0 Å². The van der Waals surface area contributed by atoms with Crippen molar-refractivity contribution in [2.45, 2.75) is 36.4 Å². The first-order valence-electron chi connectivity index (χ1n) is 6.95. The van der Waals surface area contributed by atoms with Crippen LogP contribution in [0.3, 0.4) is 0 Å². The Morgan fingerprint density at radius 2 is 2.00 bits per heavy atom. The number of carbonyl (C=O) groups is 1. The molecule has 1 atom stereocenters. The van der Waals surface area contributed by atoms with Crippen molar-refractivity contribution < 1.29 is 31.5 Å². The summed E-state index contributed by atoms with van der Waals surface area (Å²) in [6.07, 6.45) is -3.65. The molecule has 1 unspecified atom stereocenters. The molecule has 1 aromatic rings. The topological polar surface area (TPSA) is 98.5 Å². The summed E-state index contributed by atoms with van der Waals surface area (Å²) in [6.45, 7) is -0.0643. The molecule has 2 rings (SSSR count). The minimum absolute atomic E-state index is 0.0643. The van der Waals surface area contributed by atoms with Gasteiger partial charge in [-0.1, -0.05) is 0 Å². The number of carboxylic acids is 1. The Labute approximate surface area is 136 Å². The smallest absolute Gasteiger partial charge is 0.416 e. The van der Waals surface area contributed by atoms with E-state index in [1.807, 2.05) is 0 Å². The molecule has 1 aliphatic rings. The summed E-state index contributed by atoms with van der Waals surface area (Å²) in [5.41, 5.74) is -1.81. The first-order chi connectivity index (χ1) is 11.1. The fourth-order valence-corrected chi connectivity index (χ4v) is 4.36. The fourth-order valence-electron chi connectivity index (χ4n) is 2.58. The minimum atomic E-state index is -4.72. The van der Waals surface area contributed by atoms with E-state index in [9.17, 15) is 31.5 Å². The second-order valence-corrected chi connectivity index (χ2v) is 7.15. The van der Waals surface area contributed by atoms with Crippen molar-refractivity contribution in [2.24, 2.45) is 0 Å². The molecule has 0 aromatic heterocycles. The Hall–Kier alpha value is -2.12. The van der Waals surface area contributed by atoms with Crippen molar-refractivity contribution in [3.05, 3.63) is 29.3 Å². The third-order valence-corrected chi connectivity index (χ3v) is 5.72. The molecule has 0 spiro atoms. The summed E-state index contributed by atoms with van der Waals surface area (Å²) in [6, 6.07) is 1.86. The summed E-state index contributed by atoms with van der Waals surface area (Å²) in [5, 5.41) is 18.2. The first-order valence-corrected chi connectivity index (χ1v) is 8.39. The Balaban J connectivity index is 2.53. The number of sulfonamides is 1. The number of hydrogen-bond acceptors (Lipinski definition) is 4. The fraction of sp³-hybridized carbons (Fsp3) is 0.429. The van der Waals surface area contributed by atoms with Crippen LogP contribution in [0.1, 0.15) is 30.4 Å². The zero-order chi connectivity index (χ0) is 18.1. The molecule has 0 radical (unpaired) electrons. The van der Waals surface area contributed by atoms with Gasteiger partial charge in [0.1, 0.15) is 17.0 Å². The zero-order valence-electron chi connectivity index (χ0n) is 12.2. The van der Waals surface area contributed by atoms with E-state index in [1.165, 1.54) is 6.07 Å². The molecule has 130 valence electrons. The van der Waals surface area contributed by atoms with Crippen molar-refractivity contribution in [3.63, 3.8) is 0 Å². The number of nitrogens with zero attached hydrogens (tertiary/aromatic N) is 2. The minimum Gasteiger partial charge on any atom is -0.480 e. The molecule has 0 aliphatic carbocycles. The van der Waals surface area contributed by atoms with Crippen molar-refractivity contribution in [3.8, 4) is 6.07 Å². The molecule has 1 N–H and O–H groups in total. The molecule has 0 amide bonds. The highest BCUT2D eigenvalue weighted by Gasteiger charge is 2.39. The number of nitriles is 1. The van der Waals surface area contributed by atoms with E-state index in [2.05, 4.69) is 0 Å². The van der Waals surface area contributed by atoms with Crippen LogP contribution in [0, 0.1) is 11.3 Å². The highest BCUT2D eigenvalue weighted by molar-refractivity contribution is 7.89. The highest BCUT2D eigenvalue weighted by Crippen LogP contribution is 2.33. The Morgan fingerprint density at radius 3 is 2.54 bits per heavy atom. The van der Waals surface area contributed by atoms with Crippen molar-refractivity contribution >= 4 is 16.0 Å². The van der Waals surface area contributed by atoms with Crippen molar-refractivity contribution in [1.82, 2.24) is 4.31 Å². The molecule has 0 bridgehead atoms. The average molecular weight is 362 g/mol. The second kappa shape index (κ2) is 6.41. The van der Waals surface area contributed by atoms with Crippen LogP contribution in [-0.4, -0.2) is 36.4 Å². The van der Waals surface area contributed by atoms with Gasteiger partial charge in [-0.05, 0) is 37.5 Å². The van der Waals surface area contributed by atoms with Crippen LogP contribution in [0.2, 0.25) is 0 Å². The normalized spacial score (nSPS) is 19.7. The van der Waals surface area contributed by atoms with Gasteiger partial charge < -0.3 is 5.11 Å². The number of rotatable bonds is 3. The molecular weight excluding hydrogens is 349 g/mol. The lowest BCUT2D eigenvalue weighted by Crippen LogP contribution is -2.48. The van der Waals surface area contributed by atoms with E-state index in [0.29, 0.717) is 31.0 Å². The second-order valence-electron chi connectivity index (χ2n) is 5.29. The number of halogens is 3. The van der Waals surface area contributed by atoms with Crippen molar-refractivity contribution in [2.75, 3.05) is 6.54 Å². The Kier molecular flexibility index (Phi) is 4.87. The van der Waals surface area contributed by atoms with Crippen LogP contribution in [0.4, 0.5) is 13.2 Å². The molecule has 1 saturated heterocycles. The number of aliphatic carboxylic acids is 1. The van der Waals surface area contributed by atoms with Gasteiger partial charge in [0.25, 0.3) is 0 Å². The lowest BCUT2D eigenvalue weighted by atomic mass is 10.1. The average Bonchev–Trinajstić information content (AvgIpc) is 2.53. The van der Waals surface area contributed by atoms with Crippen LogP contribution in [0.5, 0.6) is 0 Å². The van der Waals surface area contributed by atoms with E-state index in [0.717, 1.165) is 4.31 Å². The first kappa shape index (κ1) is 18.2. The zero-order valence-corrected chi connectivity index (χ0v) is 13.1. The molecule has 0 saturated carbocycles. The number of carboxylic acid groups (broad SMARTS) is 1. The summed E-state index contributed by atoms with van der Waals surface area (Å²) in [7, 11) is -4.40. The summed E-state index contributed by atoms with van der Waals surface area (Å²) in [4.78, 5) is 10.6. The third-order valence-electron chi connectivity index (χ3n) is 3.75. The van der Waals surface area contributed by atoms with E-state index in [1.54, 1.807) is 0 Å². The molecule has 1 aromatic carbocycles. The number of hydrogen-bond donors (Lipinski definition) is 1. The van der Waals surface area contributed by atoms with Gasteiger partial charge >= 0.3 is 12.1 Å². The van der Waals surface area contributed by atoms with Gasteiger partial charge in [0, 0.05) is 6.54 Å². The Morgan fingerprint density at radius 1 is 1.33 bits per heavy atom. The number of alkyl halides is 3. The lowest BCUT2D eigenvalue weighted by molar-refractivity contribution is -0.142. The summed E-state index contributed by atoms with van der Waals surface area (Å²) >= 11 is 0. The maximum absolute atomic E-state index is 12.7. The van der Waals surface area contributed by atoms with Gasteiger partial charge in [-0.2, -0.15) is 22.7 Å². The van der Waals surface area contributed by atoms with Gasteiger partial charge in [-0.15, -0.1) is 0 Å². The van der Waals surface area contributed by atoms with Gasteiger partial charge in [-0.3, -0.25) is 4.79 Å². The molecular formula is C14H13F3N2O4S. The molecule has 1 fully saturated rings. The van der Waals surface area contributed by atoms with Gasteiger partial charge in [-0.25, -0.2) is 8.42 Å². The van der Waals surface area contributed by atoms with Crippen molar-refractivity contribution in [1.29, 1.82) is 5.26 Å². The monoisotopic (exact) mass is 362 g/mol. The maximum Gasteiger partial charge on any atom is 0.416 e. The third kappa shape index (κ3) is 3.37. The van der Waals surface area contributed by atoms with Gasteiger partial charge in [0.15, 0.2) is 0 Å². The quantitative estimate of drug-likeness (QED) is 0.889.